The summed E-state index contributed by atoms with van der Waals surface area (Å²) < 4.78 is 5.30. The van der Waals surface area contributed by atoms with Crippen LogP contribution in [0.5, 0.6) is 5.75 Å². The molecule has 5 aliphatic heterocycles. The molecule has 18 nitrogen and oxygen atoms in total. The van der Waals surface area contributed by atoms with E-state index in [1.807, 2.05) is 207 Å². The normalized spacial score (nSPS) is 17.4. The number of amides is 5. The summed E-state index contributed by atoms with van der Waals surface area (Å²) in [6.07, 6.45) is 8.25. The maximum Gasteiger partial charge on any atom is 0.253 e. The van der Waals surface area contributed by atoms with Crippen molar-refractivity contribution in [2.45, 2.75) is 78.1 Å². The molecule has 5 aliphatic rings. The third-order valence-corrected chi connectivity index (χ3v) is 22.5. The van der Waals surface area contributed by atoms with E-state index in [0.29, 0.717) is 131 Å². The molecule has 15 rings (SSSR count). The van der Waals surface area contributed by atoms with Gasteiger partial charge in [-0.2, -0.15) is 5.26 Å². The van der Waals surface area contributed by atoms with Gasteiger partial charge in [0.1, 0.15) is 5.75 Å². The van der Waals surface area contributed by atoms with Gasteiger partial charge < -0.3 is 29.2 Å². The molecule has 0 radical (unpaired) electrons. The molecule has 10 aromatic rings. The number of hydrogen-bond acceptors (Lipinski definition) is 12. The number of Topliss-reactive ketones (excluding diaryl/α,β-unsaturated/α-hetero) is 5. The Morgan fingerprint density at radius 3 is 1.00 bits per heavy atom. The minimum atomic E-state index is -0.184. The molecule has 0 bridgehead atoms. The van der Waals surface area contributed by atoms with Crippen LogP contribution in [0.3, 0.4) is 0 Å². The number of aryl methyl sites for hydroxylation is 2. The van der Waals surface area contributed by atoms with Gasteiger partial charge >= 0.3 is 0 Å². The van der Waals surface area contributed by atoms with Crippen molar-refractivity contribution in [2.24, 2.45) is 29.6 Å². The second-order valence-electron chi connectivity index (χ2n) is 30.5. The van der Waals surface area contributed by atoms with E-state index >= 15 is 0 Å². The van der Waals surface area contributed by atoms with Crippen LogP contribution in [-0.4, -0.2) is 156 Å². The Labute approximate surface area is 701 Å². The number of benzene rings is 10. The number of ketones is 5. The Kier molecular flexibility index (Phi) is 31.6. The highest BCUT2D eigenvalue weighted by molar-refractivity contribution is 6.34. The van der Waals surface area contributed by atoms with E-state index in [-0.39, 0.29) is 88.0 Å². The van der Waals surface area contributed by atoms with Crippen molar-refractivity contribution in [3.05, 3.63) is 356 Å². The van der Waals surface area contributed by atoms with Crippen molar-refractivity contribution in [1.29, 1.82) is 5.26 Å². The number of carbonyl (C=O) groups excluding carboxylic acids is 10. The fraction of sp³-hybridized carbons (Fsp3) is 0.280. The fourth-order valence-corrected chi connectivity index (χ4v) is 15.9. The zero-order valence-electron chi connectivity index (χ0n) is 67.4. The zero-order chi connectivity index (χ0) is 84.2. The molecule has 0 saturated carbocycles. The number of para-hydroxylation sites is 1. The van der Waals surface area contributed by atoms with E-state index in [1.165, 1.54) is 0 Å². The number of piperidine rings is 5. The molecule has 5 unspecified atom stereocenters. The number of methoxy groups -OCH3 is 1. The number of halogens is 1. The summed E-state index contributed by atoms with van der Waals surface area (Å²) in [4.78, 5) is 139. The van der Waals surface area contributed by atoms with E-state index in [9.17, 15) is 47.9 Å². The van der Waals surface area contributed by atoms with E-state index in [2.05, 4.69) is 4.85 Å². The van der Waals surface area contributed by atoms with Crippen molar-refractivity contribution in [3.8, 4) is 11.8 Å². The SMILES string of the molecule is COc1ccccc1C(=O)C1CCCN(C(=O)c2ccccc2)C1.Cc1ccc(C(=O)C2CCCN(C(=O)c3ccc(C#N)cc3)C2)cc1.Cc1cccc(C(=O)C2CCCN(C(=O)c3ccccc3)C2)c1.O=C(c1ccccc1Cl)C1CCCN(C(=O)c2ccccc2)C1.[C-]#[N+]c1ccc(C(=O)C2CCCN(C(=O)c3ccccc3)C2)cc1. The number of likely N-dealkylation sites (tertiary alicyclic amines) is 5. The number of hydrogen-bond donors (Lipinski definition) is 0. The van der Waals surface area contributed by atoms with Gasteiger partial charge in [0.25, 0.3) is 29.5 Å². The summed E-state index contributed by atoms with van der Waals surface area (Å²) in [6, 6.07) is 82.0. The first-order valence-electron chi connectivity index (χ1n) is 40.7. The third-order valence-electron chi connectivity index (χ3n) is 22.2. The molecule has 5 atom stereocenters. The molecule has 0 aromatic heterocycles. The van der Waals surface area contributed by atoms with Crippen LogP contribution in [0, 0.1) is 61.3 Å². The topological polar surface area (TPSA) is 224 Å². The van der Waals surface area contributed by atoms with Gasteiger partial charge in [0.05, 0.1) is 35.9 Å². The van der Waals surface area contributed by atoms with E-state index in [1.54, 1.807) is 112 Å². The van der Waals surface area contributed by atoms with Crippen LogP contribution in [-0.2, 0) is 0 Å². The van der Waals surface area contributed by atoms with Crippen LogP contribution in [0.1, 0.15) is 184 Å². The number of nitriles is 1. The fourth-order valence-electron chi connectivity index (χ4n) is 15.7. The molecule has 19 heteroatoms. The Balaban J connectivity index is 0.000000146. The Morgan fingerprint density at radius 1 is 0.345 bits per heavy atom. The maximum atomic E-state index is 12.9. The van der Waals surface area contributed by atoms with Gasteiger partial charge in [-0.1, -0.05) is 187 Å². The Bertz CT molecular complexity index is 5270. The van der Waals surface area contributed by atoms with Gasteiger partial charge in [0.2, 0.25) is 0 Å². The molecular weight excluding hydrogens is 1510 g/mol. The number of ether oxygens (including phenoxy) is 1. The van der Waals surface area contributed by atoms with Gasteiger partial charge in [-0.3, -0.25) is 47.9 Å². The van der Waals surface area contributed by atoms with Crippen LogP contribution in [0.15, 0.2) is 267 Å². The molecule has 119 heavy (non-hydrogen) atoms. The molecule has 0 aliphatic carbocycles. The molecule has 10 aromatic carbocycles. The predicted octanol–water partition coefficient (Wildman–Crippen LogP) is 18.8. The number of rotatable bonds is 16. The van der Waals surface area contributed by atoms with Gasteiger partial charge in [-0.15, -0.1) is 0 Å². The van der Waals surface area contributed by atoms with Crippen molar-refractivity contribution < 1.29 is 52.7 Å². The molecule has 606 valence electrons. The van der Waals surface area contributed by atoms with E-state index in [4.69, 9.17) is 28.2 Å². The summed E-state index contributed by atoms with van der Waals surface area (Å²) in [6.45, 7) is 16.8. The van der Waals surface area contributed by atoms with Gasteiger partial charge in [-0.05, 0) is 181 Å². The molecule has 0 spiro atoms. The lowest BCUT2D eigenvalue weighted by molar-refractivity contribution is 0.0623. The van der Waals surface area contributed by atoms with Crippen molar-refractivity contribution >= 4 is 75.7 Å². The summed E-state index contributed by atoms with van der Waals surface area (Å²) in [7, 11) is 1.57. The smallest absolute Gasteiger partial charge is 0.253 e. The average molecular weight is 1610 g/mol. The molecular formula is C100H98ClN7O11. The van der Waals surface area contributed by atoms with Crippen molar-refractivity contribution in [3.63, 3.8) is 0 Å². The highest BCUT2D eigenvalue weighted by atomic mass is 35.5. The van der Waals surface area contributed by atoms with Crippen molar-refractivity contribution in [2.75, 3.05) is 72.6 Å². The second-order valence-corrected chi connectivity index (χ2v) is 30.9. The maximum absolute atomic E-state index is 12.9. The predicted molar refractivity (Wildman–Crippen MR) is 461 cm³/mol. The van der Waals surface area contributed by atoms with E-state index < -0.39 is 0 Å². The molecule has 0 N–H and O–H groups in total. The highest BCUT2D eigenvalue weighted by Crippen LogP contribution is 2.32. The Hall–Kier alpha value is -13.0. The third kappa shape index (κ3) is 23.6. The number of nitrogens with zero attached hydrogens (tertiary/aromatic N) is 7. The highest BCUT2D eigenvalue weighted by Gasteiger charge is 2.36. The first-order valence-corrected chi connectivity index (χ1v) is 41.0. The largest absolute Gasteiger partial charge is 0.496 e. The summed E-state index contributed by atoms with van der Waals surface area (Å²) >= 11 is 6.13. The van der Waals surface area contributed by atoms with Gasteiger partial charge in [0.15, 0.2) is 34.6 Å². The monoisotopic (exact) mass is 1610 g/mol. The molecule has 5 fully saturated rings. The first kappa shape index (κ1) is 86.8. The minimum Gasteiger partial charge on any atom is -0.496 e. The van der Waals surface area contributed by atoms with Crippen LogP contribution in [0.4, 0.5) is 5.69 Å². The lowest BCUT2D eigenvalue weighted by atomic mass is 9.89. The standard InChI is InChI=1S/C21H20N2O2.C20H18N2O2.C20H21NO3.C20H21NO2.C19H18ClNO2/c1-15-4-8-17(9-5-15)20(24)19-3-2-12-23(14-19)21(25)18-10-6-16(13-22)7-11-18;1-21-18-11-9-15(10-12-18)19(23)17-8-5-13-22(14-17)20(24)16-6-3-2-4-7-16;1-24-18-12-6-5-11-17(18)19(22)16-10-7-13-21(14-16)20(23)15-8-3-2-4-9-15;1-15-7-5-10-17(13-15)19(22)18-11-6-12-21(14-18)20(23)16-8-3-2-4-9-16;20-17-11-5-4-10-16(17)18(22)15-9-6-12-21(13-15)19(23)14-7-2-1-3-8-14/h4-11,19H,2-3,12,14H2,1H3;2-4,6-7,9-12,17H,5,8,13-14H2;2-6,8-9,11-12,16H,7,10,13-14H2,1H3;2-5,7-10,13,18H,6,11-12,14H2,1H3;1-5,7-8,10-11,15H,6,9,12-13H2. The average Bonchev–Trinajstić information content (AvgIpc) is 0.837. The van der Waals surface area contributed by atoms with Crippen LogP contribution >= 0.6 is 11.6 Å². The molecule has 5 heterocycles. The Morgan fingerprint density at radius 2 is 0.647 bits per heavy atom. The number of carbonyl (C=O) groups is 10. The van der Waals surface area contributed by atoms with Crippen LogP contribution in [0.2, 0.25) is 5.02 Å². The lowest BCUT2D eigenvalue weighted by Crippen LogP contribution is -2.42. The van der Waals surface area contributed by atoms with Gasteiger partial charge in [0, 0.05) is 145 Å². The van der Waals surface area contributed by atoms with Gasteiger partial charge in [-0.25, -0.2) is 4.85 Å². The lowest BCUT2D eigenvalue weighted by Gasteiger charge is -2.32. The van der Waals surface area contributed by atoms with E-state index in [0.717, 1.165) is 87.4 Å². The summed E-state index contributed by atoms with van der Waals surface area (Å²) in [5.41, 5.74) is 9.73. The minimum absolute atomic E-state index is 0.00636. The quantitative estimate of drug-likeness (QED) is 0.0650. The molecule has 5 saturated heterocycles. The first-order chi connectivity index (χ1) is 57.8. The van der Waals surface area contributed by atoms with Crippen LogP contribution < -0.4 is 4.74 Å². The zero-order valence-corrected chi connectivity index (χ0v) is 68.2. The van der Waals surface area contributed by atoms with Crippen molar-refractivity contribution in [1.82, 2.24) is 24.5 Å². The second kappa shape index (κ2) is 43.3. The summed E-state index contributed by atoms with van der Waals surface area (Å²) in [5.74, 6) is 0.105. The van der Waals surface area contributed by atoms with Crippen LogP contribution in [0.25, 0.3) is 4.85 Å². The summed E-state index contributed by atoms with van der Waals surface area (Å²) in [5, 5.41) is 9.33. The molecule has 5 amide bonds.